The largest absolute Gasteiger partial charge is 1.00 e. The van der Waals surface area contributed by atoms with E-state index in [0.29, 0.717) is 12.1 Å². The van der Waals surface area contributed by atoms with Crippen molar-refractivity contribution in [3.05, 3.63) is 5.32 Å². The zero-order chi connectivity index (χ0) is 7.40. The van der Waals surface area contributed by atoms with Crippen LogP contribution < -0.4 is 29.6 Å². The first-order chi connectivity index (χ1) is 4.79. The van der Waals surface area contributed by atoms with Crippen LogP contribution in [0.25, 0.3) is 5.32 Å². The van der Waals surface area contributed by atoms with E-state index in [1.807, 2.05) is 0 Å². The van der Waals surface area contributed by atoms with Crippen molar-refractivity contribution in [2.75, 3.05) is 0 Å². The summed E-state index contributed by atoms with van der Waals surface area (Å²) < 4.78 is 0. The molecule has 0 bridgehead atoms. The molecule has 0 saturated heterocycles. The van der Waals surface area contributed by atoms with Crippen LogP contribution in [0.4, 0.5) is 0 Å². The van der Waals surface area contributed by atoms with Gasteiger partial charge >= 0.3 is 29.6 Å². The third kappa shape index (κ3) is 5.24. The Balaban J connectivity index is 0.000001000. The van der Waals surface area contributed by atoms with Gasteiger partial charge in [-0.1, -0.05) is 46.0 Å². The predicted molar refractivity (Wildman–Crippen MR) is 45.4 cm³/mol. The molecule has 0 aromatic rings. The molecular weight excluding hydrogens is 145 g/mol. The molecule has 0 unspecified atom stereocenters. The van der Waals surface area contributed by atoms with Gasteiger partial charge in [0.15, 0.2) is 0 Å². The summed E-state index contributed by atoms with van der Waals surface area (Å²) in [5, 5.41) is 4.64. The van der Waals surface area contributed by atoms with Crippen molar-refractivity contribution in [3.63, 3.8) is 0 Å². The Bertz CT molecular complexity index is 87.6. The maximum Gasteiger partial charge on any atom is 1.00 e. The molecule has 0 N–H and O–H groups in total. The second kappa shape index (κ2) is 6.47. The standard InChI is InChI=1S/C9H18N.Na/c1-8(2)10-9-6-4-3-5-7-9;/h8-9H,3-7H2,1-2H3;/q-1;+1. The molecule has 1 fully saturated rings. The van der Waals surface area contributed by atoms with Gasteiger partial charge in [0, 0.05) is 0 Å². The summed E-state index contributed by atoms with van der Waals surface area (Å²) in [6, 6.07) is 1.25. The molecule has 1 nitrogen and oxygen atoms in total. The molecule has 0 atom stereocenters. The minimum Gasteiger partial charge on any atom is -0.657 e. The smallest absolute Gasteiger partial charge is 0.657 e. The fraction of sp³-hybridized carbons (Fsp3) is 1.00. The number of hydrogen-bond acceptors (Lipinski definition) is 0. The van der Waals surface area contributed by atoms with Crippen molar-refractivity contribution in [2.45, 2.75) is 58.0 Å². The van der Waals surface area contributed by atoms with E-state index in [9.17, 15) is 0 Å². The van der Waals surface area contributed by atoms with Gasteiger partial charge in [-0.15, -0.1) is 12.1 Å². The summed E-state index contributed by atoms with van der Waals surface area (Å²) in [5.74, 6) is 0. The maximum atomic E-state index is 4.64. The summed E-state index contributed by atoms with van der Waals surface area (Å²) in [6.07, 6.45) is 6.93. The van der Waals surface area contributed by atoms with Crippen molar-refractivity contribution in [3.8, 4) is 0 Å². The second-order valence-electron chi connectivity index (χ2n) is 3.53. The molecule has 0 heterocycles. The molecule has 2 heteroatoms. The van der Waals surface area contributed by atoms with Gasteiger partial charge < -0.3 is 5.32 Å². The minimum atomic E-state index is 0. The van der Waals surface area contributed by atoms with Crippen LogP contribution in [-0.4, -0.2) is 12.1 Å². The normalized spacial score (nSPS) is 19.9. The van der Waals surface area contributed by atoms with Crippen LogP contribution in [0.15, 0.2) is 0 Å². The molecule has 1 rings (SSSR count). The third-order valence-electron chi connectivity index (χ3n) is 2.08. The molecular formula is C9H18NNa. The van der Waals surface area contributed by atoms with Crippen molar-refractivity contribution in [1.82, 2.24) is 0 Å². The zero-order valence-corrected chi connectivity index (χ0v) is 10.1. The van der Waals surface area contributed by atoms with Crippen LogP contribution in [0.3, 0.4) is 0 Å². The van der Waals surface area contributed by atoms with Crippen molar-refractivity contribution < 1.29 is 29.6 Å². The van der Waals surface area contributed by atoms with Gasteiger partial charge in [-0.25, -0.2) is 0 Å². The van der Waals surface area contributed by atoms with E-state index in [0.717, 1.165) is 0 Å². The molecule has 0 aromatic carbocycles. The van der Waals surface area contributed by atoms with Crippen LogP contribution in [0.1, 0.15) is 46.0 Å². The van der Waals surface area contributed by atoms with Crippen molar-refractivity contribution >= 4 is 0 Å². The third-order valence-corrected chi connectivity index (χ3v) is 2.08. The van der Waals surface area contributed by atoms with E-state index in [1.54, 1.807) is 0 Å². The summed E-state index contributed by atoms with van der Waals surface area (Å²) in [7, 11) is 0. The molecule has 1 aliphatic carbocycles. The predicted octanol–water partition coefficient (Wildman–Crippen LogP) is 0.105. The Hall–Kier alpha value is 0.960. The first-order valence-electron chi connectivity index (χ1n) is 4.49. The van der Waals surface area contributed by atoms with Gasteiger partial charge in [0.1, 0.15) is 0 Å². The quantitative estimate of drug-likeness (QED) is 0.513. The molecule has 1 saturated carbocycles. The Kier molecular flexibility index (Phi) is 7.04. The molecule has 0 radical (unpaired) electrons. The topological polar surface area (TPSA) is 14.1 Å². The van der Waals surface area contributed by atoms with Gasteiger partial charge in [-0.3, -0.25) is 0 Å². The summed E-state index contributed by atoms with van der Waals surface area (Å²) >= 11 is 0. The van der Waals surface area contributed by atoms with E-state index in [4.69, 9.17) is 0 Å². The van der Waals surface area contributed by atoms with E-state index < -0.39 is 0 Å². The fourth-order valence-corrected chi connectivity index (χ4v) is 1.65. The van der Waals surface area contributed by atoms with E-state index in [-0.39, 0.29) is 29.6 Å². The van der Waals surface area contributed by atoms with Gasteiger partial charge in [0.2, 0.25) is 0 Å². The molecule has 1 aliphatic rings. The zero-order valence-electron chi connectivity index (χ0n) is 8.14. The minimum absolute atomic E-state index is 0. The molecule has 0 spiro atoms. The SMILES string of the molecule is CC(C)[N-]C1CCCCC1.[Na+]. The molecule has 0 amide bonds. The first-order valence-corrected chi connectivity index (χ1v) is 4.49. The van der Waals surface area contributed by atoms with Crippen molar-refractivity contribution in [1.29, 1.82) is 0 Å². The molecule has 0 aliphatic heterocycles. The Morgan fingerprint density at radius 2 is 1.64 bits per heavy atom. The Morgan fingerprint density at radius 3 is 2.09 bits per heavy atom. The second-order valence-corrected chi connectivity index (χ2v) is 3.53. The van der Waals surface area contributed by atoms with Crippen LogP contribution in [0.2, 0.25) is 0 Å². The number of rotatable bonds is 2. The van der Waals surface area contributed by atoms with Crippen LogP contribution in [0.5, 0.6) is 0 Å². The van der Waals surface area contributed by atoms with Crippen molar-refractivity contribution in [2.24, 2.45) is 0 Å². The Labute approximate surface area is 92.6 Å². The van der Waals surface area contributed by atoms with Gasteiger partial charge in [-0.2, -0.15) is 0 Å². The maximum absolute atomic E-state index is 4.64. The van der Waals surface area contributed by atoms with Gasteiger partial charge in [0.25, 0.3) is 0 Å². The van der Waals surface area contributed by atoms with Gasteiger partial charge in [-0.05, 0) is 0 Å². The monoisotopic (exact) mass is 163 g/mol. The van der Waals surface area contributed by atoms with E-state index >= 15 is 0 Å². The van der Waals surface area contributed by atoms with Crippen LogP contribution in [0, 0.1) is 0 Å². The number of nitrogens with zero attached hydrogens (tertiary/aromatic N) is 1. The molecule has 60 valence electrons. The summed E-state index contributed by atoms with van der Waals surface area (Å²) in [5.41, 5.74) is 0. The first kappa shape index (κ1) is 12.0. The number of hydrogen-bond donors (Lipinski definition) is 0. The average molecular weight is 163 g/mol. The molecule has 11 heavy (non-hydrogen) atoms. The summed E-state index contributed by atoms with van der Waals surface area (Å²) in [4.78, 5) is 0. The average Bonchev–Trinajstić information content (AvgIpc) is 1.88. The van der Waals surface area contributed by atoms with Crippen LogP contribution >= 0.6 is 0 Å². The van der Waals surface area contributed by atoms with Crippen LogP contribution in [-0.2, 0) is 0 Å². The van der Waals surface area contributed by atoms with E-state index in [2.05, 4.69) is 19.2 Å². The summed E-state index contributed by atoms with van der Waals surface area (Å²) in [6.45, 7) is 4.35. The van der Waals surface area contributed by atoms with E-state index in [1.165, 1.54) is 32.1 Å². The molecule has 0 aromatic heterocycles. The fourth-order valence-electron chi connectivity index (χ4n) is 1.65. The van der Waals surface area contributed by atoms with Gasteiger partial charge in [0.05, 0.1) is 0 Å². The Morgan fingerprint density at radius 1 is 1.09 bits per heavy atom.